The van der Waals surface area contributed by atoms with Gasteiger partial charge in [0.05, 0.1) is 30.8 Å². The lowest BCUT2D eigenvalue weighted by Crippen LogP contribution is -2.39. The summed E-state index contributed by atoms with van der Waals surface area (Å²) >= 11 is 0. The molecule has 0 saturated carbocycles. The standard InChI is InChI=1S/C22H21N3O5S/c1-30-22(27)18-12-10-16(11-13-18)14-23-24-21(26)15-25(31(2,28)29)20-9-5-7-17-6-3-4-8-19(17)20/h3-14H,15H2,1-2H3,(H,24,26)/b23-14-. The Kier molecular flexibility index (Phi) is 6.66. The zero-order chi connectivity index (χ0) is 22.4. The Balaban J connectivity index is 1.73. The van der Waals surface area contributed by atoms with Crippen molar-refractivity contribution in [2.45, 2.75) is 0 Å². The molecule has 8 nitrogen and oxygen atoms in total. The molecule has 0 heterocycles. The molecule has 0 aliphatic rings. The van der Waals surface area contributed by atoms with Crippen molar-refractivity contribution in [1.82, 2.24) is 5.43 Å². The molecule has 0 aliphatic heterocycles. The normalized spacial score (nSPS) is 11.4. The molecule has 31 heavy (non-hydrogen) atoms. The number of nitrogens with one attached hydrogen (secondary N) is 1. The van der Waals surface area contributed by atoms with Gasteiger partial charge in [0, 0.05) is 5.39 Å². The molecule has 0 radical (unpaired) electrons. The van der Waals surface area contributed by atoms with Crippen LogP contribution in [0.5, 0.6) is 0 Å². The van der Waals surface area contributed by atoms with Crippen LogP contribution in [0.1, 0.15) is 15.9 Å². The average molecular weight is 439 g/mol. The van der Waals surface area contributed by atoms with Crippen LogP contribution in [-0.2, 0) is 19.6 Å². The van der Waals surface area contributed by atoms with Gasteiger partial charge in [-0.25, -0.2) is 18.6 Å². The zero-order valence-corrected chi connectivity index (χ0v) is 17.8. The summed E-state index contributed by atoms with van der Waals surface area (Å²) < 4.78 is 30.5. The average Bonchev–Trinajstić information content (AvgIpc) is 2.76. The first-order valence-corrected chi connectivity index (χ1v) is 11.1. The topological polar surface area (TPSA) is 105 Å². The quantitative estimate of drug-likeness (QED) is 0.346. The van der Waals surface area contributed by atoms with Gasteiger partial charge >= 0.3 is 5.97 Å². The minimum atomic E-state index is -3.72. The van der Waals surface area contributed by atoms with Crippen LogP contribution in [0.4, 0.5) is 5.69 Å². The molecule has 1 N–H and O–H groups in total. The van der Waals surface area contributed by atoms with Crippen LogP contribution >= 0.6 is 0 Å². The van der Waals surface area contributed by atoms with Gasteiger partial charge in [-0.3, -0.25) is 9.10 Å². The molecule has 3 aromatic carbocycles. The van der Waals surface area contributed by atoms with Crippen LogP contribution in [0.15, 0.2) is 71.8 Å². The third kappa shape index (κ3) is 5.46. The number of carbonyl (C=O) groups excluding carboxylic acids is 2. The molecule has 0 unspecified atom stereocenters. The van der Waals surface area contributed by atoms with E-state index in [4.69, 9.17) is 0 Å². The van der Waals surface area contributed by atoms with Gasteiger partial charge < -0.3 is 4.74 Å². The number of hydrazone groups is 1. The van der Waals surface area contributed by atoms with Crippen molar-refractivity contribution < 1.29 is 22.7 Å². The number of sulfonamides is 1. The maximum absolute atomic E-state index is 12.4. The smallest absolute Gasteiger partial charge is 0.337 e. The van der Waals surface area contributed by atoms with Crippen molar-refractivity contribution in [3.63, 3.8) is 0 Å². The molecule has 0 fully saturated rings. The lowest BCUT2D eigenvalue weighted by molar-refractivity contribution is -0.119. The van der Waals surface area contributed by atoms with Gasteiger partial charge in [0.25, 0.3) is 5.91 Å². The number of rotatable bonds is 7. The summed E-state index contributed by atoms with van der Waals surface area (Å²) in [5.41, 5.74) is 3.78. The van der Waals surface area contributed by atoms with Gasteiger partial charge in [-0.15, -0.1) is 0 Å². The lowest BCUT2D eigenvalue weighted by Gasteiger charge is -2.23. The van der Waals surface area contributed by atoms with Crippen molar-refractivity contribution in [3.05, 3.63) is 77.9 Å². The number of esters is 1. The summed E-state index contributed by atoms with van der Waals surface area (Å²) in [4.78, 5) is 23.8. The number of nitrogens with zero attached hydrogens (tertiary/aromatic N) is 2. The summed E-state index contributed by atoms with van der Waals surface area (Å²) in [5, 5.41) is 5.45. The van der Waals surface area contributed by atoms with Gasteiger partial charge in [0.1, 0.15) is 6.54 Å². The number of fused-ring (bicyclic) bond motifs is 1. The molecule has 0 spiro atoms. The van der Waals surface area contributed by atoms with E-state index in [0.717, 1.165) is 21.3 Å². The summed E-state index contributed by atoms with van der Waals surface area (Å²) in [6.07, 6.45) is 2.44. The Morgan fingerprint density at radius 1 is 1.03 bits per heavy atom. The second-order valence-electron chi connectivity index (χ2n) is 6.67. The number of amides is 1. The van der Waals surface area contributed by atoms with Crippen LogP contribution in [0, 0.1) is 0 Å². The Labute approximate surface area is 180 Å². The SMILES string of the molecule is COC(=O)c1ccc(/C=N\NC(=O)CN(c2cccc3ccccc23)S(C)(=O)=O)cc1. The van der Waals surface area contributed by atoms with Crippen molar-refractivity contribution in [2.24, 2.45) is 5.10 Å². The Bertz CT molecular complexity index is 1230. The van der Waals surface area contributed by atoms with Gasteiger partial charge in [-0.1, -0.05) is 48.5 Å². The molecule has 3 rings (SSSR count). The number of hydrogen-bond donors (Lipinski definition) is 1. The highest BCUT2D eigenvalue weighted by Gasteiger charge is 2.22. The molecule has 0 bridgehead atoms. The van der Waals surface area contributed by atoms with Crippen molar-refractivity contribution >= 4 is 44.6 Å². The number of carbonyl (C=O) groups is 2. The fourth-order valence-corrected chi connectivity index (χ4v) is 3.84. The minimum Gasteiger partial charge on any atom is -0.465 e. The van der Waals surface area contributed by atoms with Crippen molar-refractivity contribution in [2.75, 3.05) is 24.2 Å². The number of hydrogen-bond acceptors (Lipinski definition) is 6. The van der Waals surface area contributed by atoms with E-state index in [1.165, 1.54) is 13.3 Å². The summed E-state index contributed by atoms with van der Waals surface area (Å²) in [6.45, 7) is -0.425. The van der Waals surface area contributed by atoms with Crippen molar-refractivity contribution in [1.29, 1.82) is 0 Å². The van der Waals surface area contributed by atoms with E-state index in [1.54, 1.807) is 42.5 Å². The summed E-state index contributed by atoms with van der Waals surface area (Å²) in [5.74, 6) is -1.05. The van der Waals surface area contributed by atoms with E-state index in [2.05, 4.69) is 15.3 Å². The van der Waals surface area contributed by atoms with Crippen LogP contribution in [-0.4, -0.2) is 46.4 Å². The Morgan fingerprint density at radius 3 is 2.39 bits per heavy atom. The first kappa shape index (κ1) is 22.0. The summed E-state index contributed by atoms with van der Waals surface area (Å²) in [7, 11) is -2.42. The number of methoxy groups -OCH3 is 1. The second kappa shape index (κ2) is 9.40. The fourth-order valence-electron chi connectivity index (χ4n) is 2.97. The molecule has 1 amide bonds. The molecule has 3 aromatic rings. The summed E-state index contributed by atoms with van der Waals surface area (Å²) in [6, 6.07) is 19.0. The first-order valence-electron chi connectivity index (χ1n) is 9.25. The predicted molar refractivity (Wildman–Crippen MR) is 120 cm³/mol. The molecule has 9 heteroatoms. The molecule has 160 valence electrons. The van der Waals surface area contributed by atoms with Crippen LogP contribution in [0.25, 0.3) is 10.8 Å². The Hall–Kier alpha value is -3.72. The van der Waals surface area contributed by atoms with Gasteiger partial charge in [-0.2, -0.15) is 5.10 Å². The van der Waals surface area contributed by atoms with Crippen LogP contribution in [0.3, 0.4) is 0 Å². The van der Waals surface area contributed by atoms with Gasteiger partial charge in [-0.05, 0) is 29.1 Å². The monoisotopic (exact) mass is 439 g/mol. The number of ether oxygens (including phenoxy) is 1. The van der Waals surface area contributed by atoms with Crippen molar-refractivity contribution in [3.8, 4) is 0 Å². The highest BCUT2D eigenvalue weighted by Crippen LogP contribution is 2.28. The highest BCUT2D eigenvalue weighted by molar-refractivity contribution is 7.92. The third-order valence-corrected chi connectivity index (χ3v) is 5.58. The predicted octanol–water partition coefficient (Wildman–Crippen LogP) is 2.54. The highest BCUT2D eigenvalue weighted by atomic mass is 32.2. The Morgan fingerprint density at radius 2 is 1.71 bits per heavy atom. The van der Waals surface area contributed by atoms with Crippen LogP contribution in [0.2, 0.25) is 0 Å². The zero-order valence-electron chi connectivity index (χ0n) is 17.0. The van der Waals surface area contributed by atoms with Gasteiger partial charge in [0.2, 0.25) is 10.0 Å². The van der Waals surface area contributed by atoms with E-state index in [0.29, 0.717) is 16.8 Å². The largest absolute Gasteiger partial charge is 0.465 e. The number of benzene rings is 3. The molecular weight excluding hydrogens is 418 g/mol. The van der Waals surface area contributed by atoms with Crippen LogP contribution < -0.4 is 9.73 Å². The number of anilines is 1. The maximum Gasteiger partial charge on any atom is 0.337 e. The van der Waals surface area contributed by atoms with E-state index >= 15 is 0 Å². The molecule has 0 atom stereocenters. The molecule has 0 saturated heterocycles. The molecule has 0 aliphatic carbocycles. The maximum atomic E-state index is 12.4. The molecular formula is C22H21N3O5S. The molecule has 0 aromatic heterocycles. The third-order valence-electron chi connectivity index (χ3n) is 4.46. The van der Waals surface area contributed by atoms with E-state index in [-0.39, 0.29) is 0 Å². The minimum absolute atomic E-state index is 0.391. The van der Waals surface area contributed by atoms with Gasteiger partial charge in [0.15, 0.2) is 0 Å². The van der Waals surface area contributed by atoms with E-state index in [9.17, 15) is 18.0 Å². The fraction of sp³-hybridized carbons (Fsp3) is 0.136. The van der Waals surface area contributed by atoms with E-state index < -0.39 is 28.4 Å². The first-order chi connectivity index (χ1) is 14.8. The second-order valence-corrected chi connectivity index (χ2v) is 8.58. The lowest BCUT2D eigenvalue weighted by atomic mass is 10.1. The van der Waals surface area contributed by atoms with E-state index in [1.807, 2.05) is 24.3 Å².